The largest absolute Gasteiger partial charge is 0.440 e. The lowest BCUT2D eigenvalue weighted by molar-refractivity contribution is 0.0659. The molecule has 2 rings (SSSR count). The molecule has 1 amide bonds. The van der Waals surface area contributed by atoms with Crippen LogP contribution in [0, 0.1) is 0 Å². The molecule has 1 saturated heterocycles. The van der Waals surface area contributed by atoms with Crippen molar-refractivity contribution >= 4 is 17.5 Å². The molecule has 0 saturated carbocycles. The van der Waals surface area contributed by atoms with Crippen molar-refractivity contribution in [3.8, 4) is 0 Å². The van der Waals surface area contributed by atoms with Crippen molar-refractivity contribution in [1.82, 2.24) is 10.2 Å². The molecule has 1 aliphatic rings. The van der Waals surface area contributed by atoms with Crippen LogP contribution in [0.2, 0.25) is 5.22 Å². The lowest BCUT2D eigenvalue weighted by Crippen LogP contribution is -2.41. The summed E-state index contributed by atoms with van der Waals surface area (Å²) in [7, 11) is 0. The highest BCUT2D eigenvalue weighted by atomic mass is 35.5. The first-order valence-electron chi connectivity index (χ1n) is 5.99. The second-order valence-corrected chi connectivity index (χ2v) is 4.62. The lowest BCUT2D eigenvalue weighted by atomic mass is 10.2. The highest BCUT2D eigenvalue weighted by Crippen LogP contribution is 2.18. The number of nitrogens with one attached hydrogen (secondary N) is 1. The molecule has 94 valence electrons. The van der Waals surface area contributed by atoms with Gasteiger partial charge in [0.2, 0.25) is 0 Å². The quantitative estimate of drug-likeness (QED) is 0.898. The van der Waals surface area contributed by atoms with Gasteiger partial charge in [-0.1, -0.05) is 6.92 Å². The fraction of sp³-hybridized carbons (Fsp3) is 0.583. The molecule has 1 aromatic heterocycles. The summed E-state index contributed by atoms with van der Waals surface area (Å²) in [5.74, 6) is 0.266. The Hall–Kier alpha value is -1.00. The van der Waals surface area contributed by atoms with Crippen molar-refractivity contribution in [3.63, 3.8) is 0 Å². The van der Waals surface area contributed by atoms with Gasteiger partial charge in [-0.05, 0) is 43.1 Å². The Morgan fingerprint density at radius 2 is 2.47 bits per heavy atom. The molecule has 1 N–H and O–H groups in total. The van der Waals surface area contributed by atoms with E-state index in [1.807, 2.05) is 4.90 Å². The van der Waals surface area contributed by atoms with Gasteiger partial charge in [0.05, 0.1) is 0 Å². The molecule has 0 radical (unpaired) electrons. The van der Waals surface area contributed by atoms with Crippen LogP contribution in [0.5, 0.6) is 0 Å². The van der Waals surface area contributed by atoms with Gasteiger partial charge in [-0.25, -0.2) is 0 Å². The van der Waals surface area contributed by atoms with Crippen molar-refractivity contribution in [2.24, 2.45) is 0 Å². The Balaban J connectivity index is 2.12. The van der Waals surface area contributed by atoms with E-state index in [0.717, 1.165) is 32.5 Å². The van der Waals surface area contributed by atoms with Crippen LogP contribution in [0.3, 0.4) is 0 Å². The number of rotatable bonds is 4. The summed E-state index contributed by atoms with van der Waals surface area (Å²) < 4.78 is 5.19. The third-order valence-electron chi connectivity index (χ3n) is 2.98. The molecule has 2 heterocycles. The second-order valence-electron chi connectivity index (χ2n) is 4.25. The first-order chi connectivity index (χ1) is 8.22. The van der Waals surface area contributed by atoms with Gasteiger partial charge in [-0.15, -0.1) is 0 Å². The Bertz CT molecular complexity index is 386. The smallest absolute Gasteiger partial charge is 0.289 e. The van der Waals surface area contributed by atoms with Crippen LogP contribution in [0.25, 0.3) is 0 Å². The molecule has 4 nitrogen and oxygen atoms in total. The Kier molecular flexibility index (Phi) is 4.07. The van der Waals surface area contributed by atoms with Crippen molar-refractivity contribution in [3.05, 3.63) is 23.1 Å². The Morgan fingerprint density at radius 1 is 1.65 bits per heavy atom. The molecule has 17 heavy (non-hydrogen) atoms. The van der Waals surface area contributed by atoms with Crippen molar-refractivity contribution in [2.75, 3.05) is 19.6 Å². The van der Waals surface area contributed by atoms with E-state index >= 15 is 0 Å². The maximum Gasteiger partial charge on any atom is 0.289 e. The number of amides is 1. The van der Waals surface area contributed by atoms with Gasteiger partial charge < -0.3 is 14.6 Å². The maximum atomic E-state index is 12.3. The number of nitrogens with zero attached hydrogens (tertiary/aromatic N) is 1. The van der Waals surface area contributed by atoms with Crippen LogP contribution >= 0.6 is 11.6 Å². The number of hydrogen-bond acceptors (Lipinski definition) is 3. The van der Waals surface area contributed by atoms with Gasteiger partial charge >= 0.3 is 0 Å². The van der Waals surface area contributed by atoms with E-state index in [-0.39, 0.29) is 17.2 Å². The Morgan fingerprint density at radius 3 is 3.00 bits per heavy atom. The SMILES string of the molecule is CCCN(C(=O)c1ccc(Cl)o1)C1CCNC1. The zero-order chi connectivity index (χ0) is 12.3. The second kappa shape index (κ2) is 5.56. The fourth-order valence-corrected chi connectivity index (χ4v) is 2.31. The summed E-state index contributed by atoms with van der Waals surface area (Å²) in [5, 5.41) is 3.53. The highest BCUT2D eigenvalue weighted by Gasteiger charge is 2.28. The van der Waals surface area contributed by atoms with Crippen LogP contribution in [-0.2, 0) is 0 Å². The van der Waals surface area contributed by atoms with Crippen molar-refractivity contribution in [1.29, 1.82) is 0 Å². The molecule has 0 bridgehead atoms. The third-order valence-corrected chi connectivity index (χ3v) is 3.19. The van der Waals surface area contributed by atoms with Crippen LogP contribution in [0.15, 0.2) is 16.5 Å². The average Bonchev–Trinajstić information content (AvgIpc) is 2.95. The number of halogens is 1. The fourth-order valence-electron chi connectivity index (χ4n) is 2.17. The monoisotopic (exact) mass is 256 g/mol. The highest BCUT2D eigenvalue weighted by molar-refractivity contribution is 6.29. The summed E-state index contributed by atoms with van der Waals surface area (Å²) in [6.07, 6.45) is 1.94. The molecule has 0 spiro atoms. The molecule has 1 atom stereocenters. The summed E-state index contributed by atoms with van der Waals surface area (Å²) >= 11 is 5.70. The van der Waals surface area contributed by atoms with Gasteiger partial charge in [0.15, 0.2) is 11.0 Å². The minimum atomic E-state index is -0.0625. The van der Waals surface area contributed by atoms with Crippen molar-refractivity contribution in [2.45, 2.75) is 25.8 Å². The first kappa shape index (κ1) is 12.5. The standard InChI is InChI=1S/C12H17ClN2O2/c1-2-7-15(9-5-6-14-8-9)12(16)10-3-4-11(13)17-10/h3-4,9,14H,2,5-8H2,1H3. The molecule has 0 aromatic carbocycles. The molecular formula is C12H17ClN2O2. The molecule has 1 aromatic rings. The van der Waals surface area contributed by atoms with Crippen LogP contribution < -0.4 is 5.32 Å². The van der Waals surface area contributed by atoms with Gasteiger partial charge in [-0.2, -0.15) is 0 Å². The molecular weight excluding hydrogens is 240 g/mol. The van der Waals surface area contributed by atoms with Gasteiger partial charge in [-0.3, -0.25) is 4.79 Å². The van der Waals surface area contributed by atoms with E-state index < -0.39 is 0 Å². The van der Waals surface area contributed by atoms with Crippen LogP contribution in [-0.4, -0.2) is 36.5 Å². The van der Waals surface area contributed by atoms with Crippen LogP contribution in [0.4, 0.5) is 0 Å². The molecule has 0 aliphatic carbocycles. The summed E-state index contributed by atoms with van der Waals surface area (Å²) in [6, 6.07) is 3.51. The minimum absolute atomic E-state index is 0.0625. The number of furan rings is 1. The van der Waals surface area contributed by atoms with E-state index in [1.165, 1.54) is 0 Å². The number of hydrogen-bond donors (Lipinski definition) is 1. The lowest BCUT2D eigenvalue weighted by Gasteiger charge is -2.27. The summed E-state index contributed by atoms with van der Waals surface area (Å²) in [5.41, 5.74) is 0. The molecule has 5 heteroatoms. The normalized spacial score (nSPS) is 19.5. The molecule has 1 unspecified atom stereocenters. The first-order valence-corrected chi connectivity index (χ1v) is 6.37. The maximum absolute atomic E-state index is 12.3. The van der Waals surface area contributed by atoms with Crippen molar-refractivity contribution < 1.29 is 9.21 Å². The Labute approximate surface area is 106 Å². The predicted molar refractivity (Wildman–Crippen MR) is 66.3 cm³/mol. The summed E-state index contributed by atoms with van der Waals surface area (Å²) in [4.78, 5) is 14.2. The van der Waals surface area contributed by atoms with Gasteiger partial charge in [0, 0.05) is 19.1 Å². The molecule has 1 fully saturated rings. The topological polar surface area (TPSA) is 45.5 Å². The minimum Gasteiger partial charge on any atom is -0.440 e. The van der Waals surface area contributed by atoms with E-state index in [0.29, 0.717) is 5.76 Å². The van der Waals surface area contributed by atoms with E-state index in [1.54, 1.807) is 12.1 Å². The van der Waals surface area contributed by atoms with E-state index in [4.69, 9.17) is 16.0 Å². The van der Waals surface area contributed by atoms with E-state index in [9.17, 15) is 4.79 Å². The molecule has 1 aliphatic heterocycles. The van der Waals surface area contributed by atoms with Crippen LogP contribution in [0.1, 0.15) is 30.3 Å². The number of carbonyl (C=O) groups is 1. The van der Waals surface area contributed by atoms with E-state index in [2.05, 4.69) is 12.2 Å². The van der Waals surface area contributed by atoms with Gasteiger partial charge in [0.25, 0.3) is 5.91 Å². The average molecular weight is 257 g/mol. The zero-order valence-corrected chi connectivity index (χ0v) is 10.7. The zero-order valence-electron chi connectivity index (χ0n) is 9.91. The number of carbonyl (C=O) groups excluding carboxylic acids is 1. The third kappa shape index (κ3) is 2.82. The predicted octanol–water partition coefficient (Wildman–Crippen LogP) is 2.15. The summed E-state index contributed by atoms with van der Waals surface area (Å²) in [6.45, 7) is 4.65. The van der Waals surface area contributed by atoms with Gasteiger partial charge in [0.1, 0.15) is 0 Å².